The van der Waals surface area contributed by atoms with Gasteiger partial charge in [-0.15, -0.1) is 11.8 Å². The van der Waals surface area contributed by atoms with E-state index in [1.54, 1.807) is 26.1 Å². The van der Waals surface area contributed by atoms with Gasteiger partial charge in [-0.3, -0.25) is 47.9 Å². The summed E-state index contributed by atoms with van der Waals surface area (Å²) >= 11 is 1.37. The average molecular weight is 1070 g/mol. The summed E-state index contributed by atoms with van der Waals surface area (Å²) in [5.41, 5.74) is 14.0. The Morgan fingerprint density at radius 2 is 1.45 bits per heavy atom. The topological polar surface area (TPSA) is 363 Å². The summed E-state index contributed by atoms with van der Waals surface area (Å²) in [6.07, 6.45) is 7.08. The van der Waals surface area contributed by atoms with Crippen molar-refractivity contribution in [3.05, 3.63) is 90.1 Å². The first-order chi connectivity index (χ1) is 36.3. The van der Waals surface area contributed by atoms with Crippen molar-refractivity contribution in [3.63, 3.8) is 0 Å². The van der Waals surface area contributed by atoms with Crippen LogP contribution in [0.25, 0.3) is 10.9 Å². The van der Waals surface area contributed by atoms with E-state index in [2.05, 4.69) is 57.5 Å². The number of aromatic nitrogens is 3. The number of thioether (sulfide) groups is 1. The third kappa shape index (κ3) is 18.6. The number of rotatable bonds is 31. The van der Waals surface area contributed by atoms with Gasteiger partial charge in [0.05, 0.1) is 18.1 Å². The van der Waals surface area contributed by atoms with Gasteiger partial charge in [0.1, 0.15) is 36.3 Å². The van der Waals surface area contributed by atoms with Crippen LogP contribution in [0.15, 0.2) is 73.3 Å². The molecule has 1 saturated heterocycles. The maximum atomic E-state index is 14.1. The minimum absolute atomic E-state index is 0.0193. The number of benzene rings is 2. The first-order valence-electron chi connectivity index (χ1n) is 25.4. The number of nitrogens with two attached hydrogens (primary N) is 2. The van der Waals surface area contributed by atoms with E-state index in [0.29, 0.717) is 29.9 Å². The van der Waals surface area contributed by atoms with Crippen molar-refractivity contribution in [2.75, 3.05) is 12.3 Å². The van der Waals surface area contributed by atoms with E-state index in [-0.39, 0.29) is 44.4 Å². The highest BCUT2D eigenvalue weighted by atomic mass is 32.2. The quantitative estimate of drug-likeness (QED) is 0.0316. The van der Waals surface area contributed by atoms with E-state index in [1.165, 1.54) is 31.2 Å². The lowest BCUT2D eigenvalue weighted by molar-refractivity contribution is -0.135. The lowest BCUT2D eigenvalue weighted by Crippen LogP contribution is -2.59. The Bertz CT molecular complexity index is 2650. The van der Waals surface area contributed by atoms with Crippen LogP contribution in [0.5, 0.6) is 0 Å². The zero-order valence-electron chi connectivity index (χ0n) is 43.2. The third-order valence-electron chi connectivity index (χ3n) is 12.7. The van der Waals surface area contributed by atoms with Gasteiger partial charge in [-0.25, -0.2) is 4.98 Å². The van der Waals surface area contributed by atoms with E-state index in [1.807, 2.05) is 55.5 Å². The number of unbranched alkanes of at least 4 members (excludes halogenated alkanes) is 1. The normalized spacial score (nSPS) is 15.9. The van der Waals surface area contributed by atoms with Gasteiger partial charge in [0.15, 0.2) is 0 Å². The van der Waals surface area contributed by atoms with Crippen molar-refractivity contribution in [1.29, 1.82) is 0 Å². The van der Waals surface area contributed by atoms with Crippen LogP contribution in [0, 0.1) is 5.92 Å². The number of hydrogen-bond donors (Lipinski definition) is 12. The van der Waals surface area contributed by atoms with E-state index >= 15 is 0 Å². The molecule has 24 heteroatoms. The van der Waals surface area contributed by atoms with E-state index < -0.39 is 113 Å². The number of H-pyrrole nitrogens is 2. The summed E-state index contributed by atoms with van der Waals surface area (Å²) in [7, 11) is 0. The fourth-order valence-electron chi connectivity index (χ4n) is 8.46. The number of nitrogens with zero attached hydrogens (tertiary/aromatic N) is 1. The summed E-state index contributed by atoms with van der Waals surface area (Å²) < 4.78 is 0. The SMILES string of the molecule is CCCC[C@@H](SC[C@H](Cc1ccccc1)NC(=O)[C@H](Cc1cnc[nH]1)NC(=O)CNC(=O)[C@@H](NC(=O)[C@H](C)NC(=O)[C@H](Cc1c[nH]c2ccccc12)NC(=O)[C@H](CCC(N)=O)NC(=O)[C@@H]1CCC(=O)N1)C(C)C)C(N)=O. The lowest BCUT2D eigenvalue weighted by atomic mass is 10.0. The Morgan fingerprint density at radius 1 is 0.750 bits per heavy atom. The maximum absolute atomic E-state index is 14.1. The van der Waals surface area contributed by atoms with Crippen molar-refractivity contribution in [2.24, 2.45) is 17.4 Å². The number of para-hydroxylation sites is 1. The van der Waals surface area contributed by atoms with E-state index in [4.69, 9.17) is 11.5 Å². The second-order valence-corrected chi connectivity index (χ2v) is 20.4. The molecule has 2 aromatic heterocycles. The summed E-state index contributed by atoms with van der Waals surface area (Å²) in [4.78, 5) is 142. The van der Waals surface area contributed by atoms with Crippen molar-refractivity contribution in [3.8, 4) is 0 Å². The van der Waals surface area contributed by atoms with Crippen molar-refractivity contribution < 1.29 is 47.9 Å². The summed E-state index contributed by atoms with van der Waals surface area (Å²) in [6, 6.07) is 9.08. The first kappa shape index (κ1) is 59.1. The molecule has 0 radical (unpaired) electrons. The number of aromatic amines is 2. The molecule has 23 nitrogen and oxygen atoms in total. The summed E-state index contributed by atoms with van der Waals surface area (Å²) in [6.45, 7) is 6.15. The molecule has 0 aliphatic carbocycles. The Balaban J connectivity index is 1.23. The van der Waals surface area contributed by atoms with Gasteiger partial charge >= 0.3 is 0 Å². The second-order valence-electron chi connectivity index (χ2n) is 19.2. The van der Waals surface area contributed by atoms with Gasteiger partial charge in [0, 0.05) is 66.5 Å². The molecule has 0 saturated carbocycles. The fourth-order valence-corrected chi connectivity index (χ4v) is 9.63. The Kier molecular flexibility index (Phi) is 22.8. The van der Waals surface area contributed by atoms with Crippen molar-refractivity contribution in [2.45, 2.75) is 139 Å². The molecular formula is C52H71N13O10S. The lowest BCUT2D eigenvalue weighted by Gasteiger charge is -2.26. The molecule has 410 valence electrons. The molecule has 0 unspecified atom stereocenters. The maximum Gasteiger partial charge on any atom is 0.243 e. The highest BCUT2D eigenvalue weighted by Crippen LogP contribution is 2.22. The van der Waals surface area contributed by atoms with Crippen LogP contribution in [0.2, 0.25) is 0 Å². The molecule has 1 aliphatic rings. The number of hydrogen-bond acceptors (Lipinski definition) is 12. The Hall–Kier alpha value is -7.76. The molecule has 0 bridgehead atoms. The smallest absolute Gasteiger partial charge is 0.243 e. The zero-order valence-corrected chi connectivity index (χ0v) is 44.0. The van der Waals surface area contributed by atoms with Crippen LogP contribution in [-0.2, 0) is 67.2 Å². The Morgan fingerprint density at radius 3 is 2.11 bits per heavy atom. The Labute approximate surface area is 444 Å². The predicted octanol–water partition coefficient (Wildman–Crippen LogP) is -0.0588. The van der Waals surface area contributed by atoms with E-state index in [0.717, 1.165) is 29.3 Å². The number of fused-ring (bicyclic) bond motifs is 1. The third-order valence-corrected chi connectivity index (χ3v) is 14.2. The number of amides is 10. The highest BCUT2D eigenvalue weighted by molar-refractivity contribution is 8.00. The van der Waals surface area contributed by atoms with Gasteiger partial charge in [0.25, 0.3) is 0 Å². The van der Waals surface area contributed by atoms with Crippen LogP contribution in [0.4, 0.5) is 0 Å². The van der Waals surface area contributed by atoms with Gasteiger partial charge in [-0.1, -0.05) is 82.1 Å². The average Bonchev–Trinajstić information content (AvgIpc) is 4.17. The summed E-state index contributed by atoms with van der Waals surface area (Å²) in [5.74, 6) is -6.70. The van der Waals surface area contributed by atoms with Crippen molar-refractivity contribution in [1.82, 2.24) is 57.5 Å². The van der Waals surface area contributed by atoms with Crippen LogP contribution >= 0.6 is 11.8 Å². The largest absolute Gasteiger partial charge is 0.370 e. The highest BCUT2D eigenvalue weighted by Gasteiger charge is 2.35. The molecule has 3 heterocycles. The molecule has 2 aromatic carbocycles. The molecule has 76 heavy (non-hydrogen) atoms. The van der Waals surface area contributed by atoms with Crippen molar-refractivity contribution >= 4 is 81.7 Å². The minimum Gasteiger partial charge on any atom is -0.370 e. The van der Waals surface area contributed by atoms with Gasteiger partial charge in [0.2, 0.25) is 59.1 Å². The van der Waals surface area contributed by atoms with Gasteiger partial charge < -0.3 is 64.0 Å². The predicted molar refractivity (Wildman–Crippen MR) is 284 cm³/mol. The zero-order chi connectivity index (χ0) is 55.3. The van der Waals surface area contributed by atoms with Gasteiger partial charge in [-0.05, 0) is 55.7 Å². The monoisotopic (exact) mass is 1070 g/mol. The number of carbonyl (C=O) groups excluding carboxylic acids is 10. The molecular weight excluding hydrogens is 999 g/mol. The molecule has 14 N–H and O–H groups in total. The van der Waals surface area contributed by atoms with E-state index in [9.17, 15) is 47.9 Å². The minimum atomic E-state index is -1.35. The van der Waals surface area contributed by atoms with Crippen LogP contribution < -0.4 is 54.0 Å². The second kappa shape index (κ2) is 29.4. The number of carbonyl (C=O) groups is 10. The number of primary amides is 2. The number of nitrogens with one attached hydrogen (secondary N) is 10. The number of imidazole rings is 1. The molecule has 8 atom stereocenters. The van der Waals surface area contributed by atoms with Crippen LogP contribution in [-0.4, -0.2) is 134 Å². The standard InChI is InChI=1S/C52H71N13O10S/c1-5-6-16-41(46(54)69)76-27-34(21-31-12-8-7-9-13-31)60-51(74)40(23-33-25-55-28-58-33)62-44(68)26-57-52(75)45(29(2)3)65-47(70)30(4)59-50(73)39(22-32-24-56-36-15-11-10-14-35(32)36)64-49(72)38(17-19-42(53)66)63-48(71)37-18-20-43(67)61-37/h7-15,24-25,28-30,34,37-41,45,56H,5-6,16-23,26-27H2,1-4H3,(H2,53,66)(H2,54,69)(H,55,58)(H,57,75)(H,59,73)(H,60,74)(H,61,67)(H,62,68)(H,63,71)(H,64,72)(H,65,70)/t30-,34-,37-,38-,39-,40-,41+,45-/m0/s1. The summed E-state index contributed by atoms with van der Waals surface area (Å²) in [5, 5.41) is 21.6. The van der Waals surface area contributed by atoms with Crippen LogP contribution in [0.1, 0.15) is 89.5 Å². The molecule has 4 aromatic rings. The molecule has 5 rings (SSSR count). The first-order valence-corrected chi connectivity index (χ1v) is 26.5. The van der Waals surface area contributed by atoms with Gasteiger partial charge in [-0.2, -0.15) is 0 Å². The molecule has 0 spiro atoms. The fraction of sp³-hybridized carbons (Fsp3) is 0.481. The van der Waals surface area contributed by atoms with Crippen LogP contribution in [0.3, 0.4) is 0 Å². The molecule has 1 fully saturated rings. The molecule has 10 amide bonds. The molecule has 1 aliphatic heterocycles.